The van der Waals surface area contributed by atoms with E-state index in [2.05, 4.69) is 15.3 Å². The highest BCUT2D eigenvalue weighted by Gasteiger charge is 2.11. The van der Waals surface area contributed by atoms with Gasteiger partial charge < -0.3 is 9.64 Å². The number of ether oxygens (including phenoxy) is 1. The molecule has 2 aromatic heterocycles. The van der Waals surface area contributed by atoms with E-state index in [9.17, 15) is 13.6 Å². The molecule has 0 aliphatic carbocycles. The molecule has 0 aliphatic rings. The maximum atomic E-state index is 12.1. The zero-order valence-corrected chi connectivity index (χ0v) is 12.4. The SMILES string of the molecule is CN(Cc1ccncc1)C(=O)Nc1cccc(OCC(F)F)n1. The minimum atomic E-state index is -2.58. The lowest BCUT2D eigenvalue weighted by Gasteiger charge is -2.17. The fourth-order valence-electron chi connectivity index (χ4n) is 1.75. The lowest BCUT2D eigenvalue weighted by molar-refractivity contribution is 0.0796. The second-order valence-electron chi connectivity index (χ2n) is 4.70. The number of alkyl halides is 2. The Labute approximate surface area is 132 Å². The molecular formula is C15H16F2N4O2. The number of rotatable bonds is 6. The Hall–Kier alpha value is -2.77. The zero-order valence-electron chi connectivity index (χ0n) is 12.4. The minimum Gasteiger partial charge on any atom is -0.472 e. The largest absolute Gasteiger partial charge is 0.472 e. The van der Waals surface area contributed by atoms with Crippen molar-refractivity contribution < 1.29 is 18.3 Å². The first-order valence-corrected chi connectivity index (χ1v) is 6.83. The number of nitrogens with zero attached hydrogens (tertiary/aromatic N) is 3. The summed E-state index contributed by atoms with van der Waals surface area (Å²) in [5.41, 5.74) is 0.930. The summed E-state index contributed by atoms with van der Waals surface area (Å²) in [7, 11) is 1.63. The van der Waals surface area contributed by atoms with Crippen LogP contribution < -0.4 is 10.1 Å². The van der Waals surface area contributed by atoms with Crippen LogP contribution in [0.25, 0.3) is 0 Å². The Morgan fingerprint density at radius 3 is 2.74 bits per heavy atom. The average Bonchev–Trinajstić information content (AvgIpc) is 2.54. The van der Waals surface area contributed by atoms with Crippen molar-refractivity contribution in [3.05, 3.63) is 48.3 Å². The van der Waals surface area contributed by atoms with Crippen molar-refractivity contribution >= 4 is 11.8 Å². The summed E-state index contributed by atoms with van der Waals surface area (Å²) in [5.74, 6) is 0.253. The summed E-state index contributed by atoms with van der Waals surface area (Å²) in [6, 6.07) is 7.79. The Bertz CT molecular complexity index is 640. The summed E-state index contributed by atoms with van der Waals surface area (Å²) in [6.45, 7) is -0.345. The van der Waals surface area contributed by atoms with Crippen molar-refractivity contribution in [2.75, 3.05) is 19.0 Å². The summed E-state index contributed by atoms with van der Waals surface area (Å²) >= 11 is 0. The summed E-state index contributed by atoms with van der Waals surface area (Å²) < 4.78 is 29.0. The van der Waals surface area contributed by atoms with Crippen LogP contribution in [0.2, 0.25) is 0 Å². The summed E-state index contributed by atoms with van der Waals surface area (Å²) in [5, 5.41) is 2.58. The van der Waals surface area contributed by atoms with Crippen molar-refractivity contribution in [2.45, 2.75) is 13.0 Å². The lowest BCUT2D eigenvalue weighted by atomic mass is 10.2. The van der Waals surface area contributed by atoms with Gasteiger partial charge in [-0.1, -0.05) is 6.07 Å². The Kier molecular flexibility index (Phi) is 5.79. The predicted octanol–water partition coefficient (Wildman–Crippen LogP) is 2.78. The second-order valence-corrected chi connectivity index (χ2v) is 4.70. The van der Waals surface area contributed by atoms with Crippen LogP contribution >= 0.6 is 0 Å². The van der Waals surface area contributed by atoms with E-state index in [0.717, 1.165) is 5.56 Å². The van der Waals surface area contributed by atoms with Gasteiger partial charge in [-0.25, -0.2) is 13.6 Å². The standard InChI is InChI=1S/C15H16F2N4O2/c1-21(9-11-5-7-18-8-6-11)15(22)20-13-3-2-4-14(19-13)23-10-12(16)17/h2-8,12H,9-10H2,1H3,(H,19,20,22). The van der Waals surface area contributed by atoms with E-state index in [1.165, 1.54) is 11.0 Å². The number of pyridine rings is 2. The average molecular weight is 322 g/mol. The van der Waals surface area contributed by atoms with Gasteiger partial charge in [-0.15, -0.1) is 0 Å². The number of halogens is 2. The number of hydrogen-bond donors (Lipinski definition) is 1. The van der Waals surface area contributed by atoms with Gasteiger partial charge >= 0.3 is 6.03 Å². The molecule has 0 saturated carbocycles. The third-order valence-corrected chi connectivity index (χ3v) is 2.83. The molecule has 122 valence electrons. The van der Waals surface area contributed by atoms with Gasteiger partial charge in [-0.2, -0.15) is 4.98 Å². The van der Waals surface area contributed by atoms with Crippen molar-refractivity contribution in [3.63, 3.8) is 0 Å². The first kappa shape index (κ1) is 16.6. The summed E-state index contributed by atoms with van der Waals surface area (Å²) in [6.07, 6.45) is 0.709. The molecule has 0 saturated heterocycles. The van der Waals surface area contributed by atoms with Crippen LogP contribution in [0.5, 0.6) is 5.88 Å². The molecule has 2 heterocycles. The number of anilines is 1. The normalized spacial score (nSPS) is 10.4. The molecule has 2 amide bonds. The maximum absolute atomic E-state index is 12.1. The fraction of sp³-hybridized carbons (Fsp3) is 0.267. The van der Waals surface area contributed by atoms with Crippen molar-refractivity contribution in [1.29, 1.82) is 0 Å². The first-order chi connectivity index (χ1) is 11.0. The molecule has 0 spiro atoms. The van der Waals surface area contributed by atoms with Gasteiger partial charge in [0.15, 0.2) is 6.61 Å². The van der Waals surface area contributed by atoms with E-state index < -0.39 is 13.0 Å². The minimum absolute atomic E-state index is 0.0277. The molecule has 0 bridgehead atoms. The molecule has 0 aromatic carbocycles. The van der Waals surface area contributed by atoms with Gasteiger partial charge in [0, 0.05) is 32.1 Å². The highest BCUT2D eigenvalue weighted by atomic mass is 19.3. The molecule has 23 heavy (non-hydrogen) atoms. The van der Waals surface area contributed by atoms with Gasteiger partial charge in [-0.3, -0.25) is 10.3 Å². The van der Waals surface area contributed by atoms with E-state index in [1.807, 2.05) is 0 Å². The van der Waals surface area contributed by atoms with Crippen LogP contribution in [0.3, 0.4) is 0 Å². The second kappa shape index (κ2) is 8.02. The van der Waals surface area contributed by atoms with Gasteiger partial charge in [-0.05, 0) is 23.8 Å². The smallest absolute Gasteiger partial charge is 0.323 e. The molecule has 0 unspecified atom stereocenters. The van der Waals surface area contributed by atoms with Gasteiger partial charge in [0.1, 0.15) is 5.82 Å². The van der Waals surface area contributed by atoms with Crippen LogP contribution in [-0.2, 0) is 6.54 Å². The number of urea groups is 1. The number of hydrogen-bond acceptors (Lipinski definition) is 4. The monoisotopic (exact) mass is 322 g/mol. The highest BCUT2D eigenvalue weighted by molar-refractivity contribution is 5.88. The van der Waals surface area contributed by atoms with Gasteiger partial charge in [0.2, 0.25) is 5.88 Å². The van der Waals surface area contributed by atoms with Crippen molar-refractivity contribution in [1.82, 2.24) is 14.9 Å². The molecule has 8 heteroatoms. The van der Waals surface area contributed by atoms with Gasteiger partial charge in [0.25, 0.3) is 6.43 Å². The third kappa shape index (κ3) is 5.50. The van der Waals surface area contributed by atoms with E-state index in [0.29, 0.717) is 6.54 Å². The third-order valence-electron chi connectivity index (χ3n) is 2.83. The molecule has 6 nitrogen and oxygen atoms in total. The fourth-order valence-corrected chi connectivity index (χ4v) is 1.75. The Balaban J connectivity index is 1.92. The number of carbonyl (C=O) groups is 1. The Morgan fingerprint density at radius 1 is 1.30 bits per heavy atom. The Morgan fingerprint density at radius 2 is 2.04 bits per heavy atom. The molecule has 0 radical (unpaired) electrons. The lowest BCUT2D eigenvalue weighted by Crippen LogP contribution is -2.31. The summed E-state index contributed by atoms with van der Waals surface area (Å²) in [4.78, 5) is 21.4. The maximum Gasteiger partial charge on any atom is 0.323 e. The van der Waals surface area contributed by atoms with E-state index in [-0.39, 0.29) is 17.7 Å². The molecule has 2 aromatic rings. The molecule has 1 N–H and O–H groups in total. The van der Waals surface area contributed by atoms with Crippen LogP contribution in [0.15, 0.2) is 42.7 Å². The van der Waals surface area contributed by atoms with Crippen LogP contribution in [0.1, 0.15) is 5.56 Å². The van der Waals surface area contributed by atoms with Crippen molar-refractivity contribution in [2.24, 2.45) is 0 Å². The zero-order chi connectivity index (χ0) is 16.7. The highest BCUT2D eigenvalue weighted by Crippen LogP contribution is 2.13. The number of amides is 2. The number of aromatic nitrogens is 2. The van der Waals surface area contributed by atoms with Gasteiger partial charge in [0.05, 0.1) is 0 Å². The first-order valence-electron chi connectivity index (χ1n) is 6.83. The molecule has 0 fully saturated rings. The molecule has 0 aliphatic heterocycles. The van der Waals surface area contributed by atoms with Crippen LogP contribution in [0, 0.1) is 0 Å². The van der Waals surface area contributed by atoms with E-state index >= 15 is 0 Å². The number of nitrogens with one attached hydrogen (secondary N) is 1. The number of carbonyl (C=O) groups excluding carboxylic acids is 1. The molecule has 0 atom stereocenters. The quantitative estimate of drug-likeness (QED) is 0.888. The van der Waals surface area contributed by atoms with Crippen LogP contribution in [0.4, 0.5) is 19.4 Å². The molecular weight excluding hydrogens is 306 g/mol. The van der Waals surface area contributed by atoms with E-state index in [4.69, 9.17) is 4.74 Å². The van der Waals surface area contributed by atoms with E-state index in [1.54, 1.807) is 43.7 Å². The predicted molar refractivity (Wildman–Crippen MR) is 80.5 cm³/mol. The van der Waals surface area contributed by atoms with Crippen LogP contribution in [-0.4, -0.2) is 41.0 Å². The molecule has 2 rings (SSSR count). The topological polar surface area (TPSA) is 67.4 Å². The van der Waals surface area contributed by atoms with Crippen molar-refractivity contribution in [3.8, 4) is 5.88 Å².